The van der Waals surface area contributed by atoms with Crippen molar-refractivity contribution in [2.24, 2.45) is 0 Å². The zero-order valence-corrected chi connectivity index (χ0v) is 15.4. The lowest BCUT2D eigenvalue weighted by Crippen LogP contribution is -2.16. The number of H-pyrrole nitrogens is 1. The van der Waals surface area contributed by atoms with E-state index in [1.54, 1.807) is 0 Å². The third kappa shape index (κ3) is 4.02. The van der Waals surface area contributed by atoms with Gasteiger partial charge in [0, 0.05) is 41.2 Å². The van der Waals surface area contributed by atoms with Gasteiger partial charge in [-0.05, 0) is 25.5 Å². The summed E-state index contributed by atoms with van der Waals surface area (Å²) in [5.74, 6) is 2.37. The van der Waals surface area contributed by atoms with Gasteiger partial charge in [-0.2, -0.15) is 5.10 Å². The molecule has 0 saturated carbocycles. The van der Waals surface area contributed by atoms with E-state index in [1.807, 2.05) is 25.4 Å². The van der Waals surface area contributed by atoms with Crippen LogP contribution in [0.2, 0.25) is 0 Å². The Bertz CT molecular complexity index is 858. The van der Waals surface area contributed by atoms with Crippen LogP contribution in [0.4, 0.5) is 5.69 Å². The molecule has 0 unspecified atom stereocenters. The highest BCUT2D eigenvalue weighted by Gasteiger charge is 2.16. The molecule has 0 aliphatic rings. The number of hydrogen-bond acceptors (Lipinski definition) is 5. The summed E-state index contributed by atoms with van der Waals surface area (Å²) in [6, 6.07) is 6.18. The second-order valence-electron chi connectivity index (χ2n) is 7.29. The standard InChI is InChI=1S/C19H24N6/c1-12-6-7-15(17-23-13(2)24-25-17)8-16(12)20-9-14-10-21-18(22-11-14)19(3,4)5/h6-8,10-11,20H,9H2,1-5H3,(H,23,24,25). The van der Waals surface area contributed by atoms with Crippen LogP contribution in [0.3, 0.4) is 0 Å². The molecule has 0 amide bonds. The van der Waals surface area contributed by atoms with Crippen molar-refractivity contribution < 1.29 is 0 Å². The molecular weight excluding hydrogens is 312 g/mol. The monoisotopic (exact) mass is 336 g/mol. The Morgan fingerprint density at radius 1 is 1.08 bits per heavy atom. The van der Waals surface area contributed by atoms with E-state index >= 15 is 0 Å². The van der Waals surface area contributed by atoms with Crippen molar-refractivity contribution in [1.82, 2.24) is 25.1 Å². The van der Waals surface area contributed by atoms with Crippen molar-refractivity contribution in [2.45, 2.75) is 46.6 Å². The molecule has 2 aromatic heterocycles. The summed E-state index contributed by atoms with van der Waals surface area (Å²) >= 11 is 0. The fourth-order valence-corrected chi connectivity index (χ4v) is 2.45. The number of rotatable bonds is 4. The van der Waals surface area contributed by atoms with Crippen molar-refractivity contribution >= 4 is 5.69 Å². The number of aromatic amines is 1. The van der Waals surface area contributed by atoms with Gasteiger partial charge in [0.1, 0.15) is 11.6 Å². The molecule has 1 aromatic carbocycles. The molecule has 6 heteroatoms. The van der Waals surface area contributed by atoms with Crippen LogP contribution in [0, 0.1) is 13.8 Å². The van der Waals surface area contributed by atoms with E-state index in [-0.39, 0.29) is 5.41 Å². The molecule has 2 N–H and O–H groups in total. The third-order valence-electron chi connectivity index (χ3n) is 3.95. The highest BCUT2D eigenvalue weighted by molar-refractivity contribution is 5.65. The van der Waals surface area contributed by atoms with Gasteiger partial charge in [0.15, 0.2) is 5.82 Å². The average molecular weight is 336 g/mol. The molecule has 0 bridgehead atoms. The Kier molecular flexibility index (Phi) is 4.53. The minimum Gasteiger partial charge on any atom is -0.381 e. The van der Waals surface area contributed by atoms with Crippen molar-refractivity contribution in [3.05, 3.63) is 53.4 Å². The van der Waals surface area contributed by atoms with Gasteiger partial charge in [0.25, 0.3) is 0 Å². The highest BCUT2D eigenvalue weighted by Crippen LogP contribution is 2.24. The molecule has 25 heavy (non-hydrogen) atoms. The molecule has 0 aliphatic carbocycles. The Morgan fingerprint density at radius 2 is 1.80 bits per heavy atom. The number of aryl methyl sites for hydroxylation is 2. The van der Waals surface area contributed by atoms with E-state index in [1.165, 1.54) is 5.56 Å². The Hall–Kier alpha value is -2.76. The van der Waals surface area contributed by atoms with Crippen LogP contribution in [-0.4, -0.2) is 25.1 Å². The van der Waals surface area contributed by atoms with Gasteiger partial charge in [0.05, 0.1) is 0 Å². The number of anilines is 1. The van der Waals surface area contributed by atoms with Gasteiger partial charge in [-0.1, -0.05) is 32.9 Å². The Morgan fingerprint density at radius 3 is 2.40 bits per heavy atom. The van der Waals surface area contributed by atoms with Crippen LogP contribution in [0.5, 0.6) is 0 Å². The minimum absolute atomic E-state index is 0.0361. The van der Waals surface area contributed by atoms with Crippen LogP contribution in [0.25, 0.3) is 11.4 Å². The van der Waals surface area contributed by atoms with Crippen molar-refractivity contribution in [3.63, 3.8) is 0 Å². The summed E-state index contributed by atoms with van der Waals surface area (Å²) in [5.41, 5.74) is 4.22. The van der Waals surface area contributed by atoms with Crippen LogP contribution < -0.4 is 5.32 Å². The summed E-state index contributed by atoms with van der Waals surface area (Å²) in [6.07, 6.45) is 3.77. The predicted molar refractivity (Wildman–Crippen MR) is 99.4 cm³/mol. The lowest BCUT2D eigenvalue weighted by atomic mass is 9.96. The molecule has 0 saturated heterocycles. The van der Waals surface area contributed by atoms with Gasteiger partial charge < -0.3 is 5.32 Å². The first-order valence-electron chi connectivity index (χ1n) is 8.38. The number of nitrogens with one attached hydrogen (secondary N) is 2. The third-order valence-corrected chi connectivity index (χ3v) is 3.95. The van der Waals surface area contributed by atoms with E-state index in [9.17, 15) is 0 Å². The lowest BCUT2D eigenvalue weighted by molar-refractivity contribution is 0.544. The second kappa shape index (κ2) is 6.63. The fourth-order valence-electron chi connectivity index (χ4n) is 2.45. The number of hydrogen-bond donors (Lipinski definition) is 2. The lowest BCUT2D eigenvalue weighted by Gasteiger charge is -2.16. The molecule has 2 heterocycles. The van der Waals surface area contributed by atoms with E-state index in [0.29, 0.717) is 12.4 Å². The first kappa shape index (κ1) is 17.1. The molecule has 3 aromatic rings. The van der Waals surface area contributed by atoms with E-state index in [0.717, 1.165) is 28.5 Å². The maximum atomic E-state index is 4.48. The summed E-state index contributed by atoms with van der Waals surface area (Å²) in [5, 5.41) is 10.6. The van der Waals surface area contributed by atoms with Gasteiger partial charge in [-0.25, -0.2) is 15.0 Å². The molecule has 0 spiro atoms. The maximum Gasteiger partial charge on any atom is 0.181 e. The topological polar surface area (TPSA) is 79.4 Å². The average Bonchev–Trinajstić information content (AvgIpc) is 3.00. The van der Waals surface area contributed by atoms with Gasteiger partial charge in [-0.15, -0.1) is 0 Å². The minimum atomic E-state index is -0.0361. The van der Waals surface area contributed by atoms with Crippen LogP contribution >= 0.6 is 0 Å². The fraction of sp³-hybridized carbons (Fsp3) is 0.368. The summed E-state index contributed by atoms with van der Waals surface area (Å²) < 4.78 is 0. The Labute approximate surface area is 148 Å². The van der Waals surface area contributed by atoms with Crippen LogP contribution in [0.15, 0.2) is 30.6 Å². The zero-order valence-electron chi connectivity index (χ0n) is 15.4. The van der Waals surface area contributed by atoms with E-state index < -0.39 is 0 Å². The molecule has 0 atom stereocenters. The molecule has 3 rings (SSSR count). The van der Waals surface area contributed by atoms with Gasteiger partial charge in [-0.3, -0.25) is 5.10 Å². The molecule has 0 aliphatic heterocycles. The molecule has 130 valence electrons. The molecule has 6 nitrogen and oxygen atoms in total. The van der Waals surface area contributed by atoms with Crippen molar-refractivity contribution in [2.75, 3.05) is 5.32 Å². The smallest absolute Gasteiger partial charge is 0.181 e. The molecule has 0 radical (unpaired) electrons. The molecule has 0 fully saturated rings. The second-order valence-corrected chi connectivity index (χ2v) is 7.29. The summed E-state index contributed by atoms with van der Waals surface area (Å²) in [6.45, 7) is 11.0. The number of aromatic nitrogens is 5. The number of nitrogens with zero attached hydrogens (tertiary/aromatic N) is 4. The SMILES string of the molecule is Cc1nc(-c2ccc(C)c(NCc3cnc(C(C)(C)C)nc3)c2)n[nH]1. The van der Waals surface area contributed by atoms with Crippen LogP contribution in [-0.2, 0) is 12.0 Å². The van der Waals surface area contributed by atoms with Crippen molar-refractivity contribution in [3.8, 4) is 11.4 Å². The first-order valence-corrected chi connectivity index (χ1v) is 8.38. The summed E-state index contributed by atoms with van der Waals surface area (Å²) in [4.78, 5) is 13.3. The van der Waals surface area contributed by atoms with Crippen molar-refractivity contribution in [1.29, 1.82) is 0 Å². The van der Waals surface area contributed by atoms with Gasteiger partial charge >= 0.3 is 0 Å². The normalized spacial score (nSPS) is 11.6. The maximum absolute atomic E-state index is 4.48. The van der Waals surface area contributed by atoms with Crippen LogP contribution in [0.1, 0.15) is 43.5 Å². The highest BCUT2D eigenvalue weighted by atomic mass is 15.2. The zero-order chi connectivity index (χ0) is 18.0. The predicted octanol–water partition coefficient (Wildman–Crippen LogP) is 3.79. The van der Waals surface area contributed by atoms with E-state index in [4.69, 9.17) is 0 Å². The first-order chi connectivity index (χ1) is 11.8. The largest absolute Gasteiger partial charge is 0.381 e. The Balaban J connectivity index is 1.74. The van der Waals surface area contributed by atoms with E-state index in [2.05, 4.69) is 70.3 Å². The summed E-state index contributed by atoms with van der Waals surface area (Å²) in [7, 11) is 0. The quantitative estimate of drug-likeness (QED) is 0.758. The van der Waals surface area contributed by atoms with Gasteiger partial charge in [0.2, 0.25) is 0 Å². The number of benzene rings is 1. The molecular formula is C19H24N6.